The number of hydrogen-bond acceptors (Lipinski definition) is 3. The predicted octanol–water partition coefficient (Wildman–Crippen LogP) is 1.82. The number of methoxy groups -OCH3 is 1. The van der Waals surface area contributed by atoms with E-state index in [-0.39, 0.29) is 12.5 Å². The third-order valence-electron chi connectivity index (χ3n) is 3.85. The van der Waals surface area contributed by atoms with Gasteiger partial charge in [-0.1, -0.05) is 18.6 Å². The van der Waals surface area contributed by atoms with Gasteiger partial charge in [-0.25, -0.2) is 0 Å². The van der Waals surface area contributed by atoms with Crippen LogP contribution >= 0.6 is 0 Å². The highest BCUT2D eigenvalue weighted by molar-refractivity contribution is 5.94. The van der Waals surface area contributed by atoms with Gasteiger partial charge in [-0.05, 0) is 30.5 Å². The predicted molar refractivity (Wildman–Crippen MR) is 73.4 cm³/mol. The van der Waals surface area contributed by atoms with Gasteiger partial charge in [0.2, 0.25) is 0 Å². The average Bonchev–Trinajstić information content (AvgIpc) is 2.37. The fraction of sp³-hybridized carbons (Fsp3) is 0.467. The molecule has 1 aromatic carbocycles. The van der Waals surface area contributed by atoms with Gasteiger partial charge in [0.15, 0.2) is 0 Å². The maximum atomic E-state index is 12.1. The zero-order valence-corrected chi connectivity index (χ0v) is 11.5. The fourth-order valence-corrected chi connectivity index (χ4v) is 2.39. The summed E-state index contributed by atoms with van der Waals surface area (Å²) in [6, 6.07) is 7.14. The monoisotopic (exact) mass is 277 g/mol. The van der Waals surface area contributed by atoms with Crippen LogP contribution in [-0.2, 0) is 16.1 Å². The second-order valence-corrected chi connectivity index (χ2v) is 5.26. The molecule has 0 radical (unpaired) electrons. The molecule has 0 aliphatic heterocycles. The summed E-state index contributed by atoms with van der Waals surface area (Å²) in [7, 11) is 1.60. The molecule has 0 heterocycles. The molecule has 0 atom stereocenters. The number of ether oxygens (including phenoxy) is 1. The Balaban J connectivity index is 1.98. The lowest BCUT2D eigenvalue weighted by molar-refractivity contribution is -0.153. The van der Waals surface area contributed by atoms with Crippen molar-refractivity contribution in [3.05, 3.63) is 35.4 Å². The van der Waals surface area contributed by atoms with Crippen molar-refractivity contribution in [2.75, 3.05) is 13.7 Å². The first kappa shape index (κ1) is 14.5. The van der Waals surface area contributed by atoms with Crippen LogP contribution in [0.25, 0.3) is 0 Å². The summed E-state index contributed by atoms with van der Waals surface area (Å²) < 4.78 is 5.03. The van der Waals surface area contributed by atoms with E-state index in [1.54, 1.807) is 25.3 Å². The number of carbonyl (C=O) groups excluding carboxylic acids is 1. The van der Waals surface area contributed by atoms with E-state index in [4.69, 9.17) is 4.74 Å². The van der Waals surface area contributed by atoms with Gasteiger partial charge in [0.05, 0.1) is 12.0 Å². The normalized spacial score (nSPS) is 16.2. The highest BCUT2D eigenvalue weighted by Gasteiger charge is 2.44. The van der Waals surface area contributed by atoms with E-state index in [0.717, 1.165) is 12.0 Å². The van der Waals surface area contributed by atoms with Crippen LogP contribution in [0.3, 0.4) is 0 Å². The molecule has 2 N–H and O–H groups in total. The Labute approximate surface area is 117 Å². The maximum Gasteiger partial charge on any atom is 0.311 e. The van der Waals surface area contributed by atoms with Crippen molar-refractivity contribution in [2.24, 2.45) is 5.41 Å². The highest BCUT2D eigenvalue weighted by atomic mass is 16.5. The molecule has 1 aliphatic rings. The fourth-order valence-electron chi connectivity index (χ4n) is 2.39. The molecule has 0 spiro atoms. The summed E-state index contributed by atoms with van der Waals surface area (Å²) >= 11 is 0. The minimum Gasteiger partial charge on any atom is -0.481 e. The number of carbonyl (C=O) groups is 2. The van der Waals surface area contributed by atoms with E-state index in [1.807, 2.05) is 6.07 Å². The second kappa shape index (κ2) is 6.05. The molecule has 1 aromatic rings. The number of nitrogens with one attached hydrogen (secondary N) is 1. The van der Waals surface area contributed by atoms with Crippen molar-refractivity contribution in [3.8, 4) is 0 Å². The molecule has 5 nitrogen and oxygen atoms in total. The lowest BCUT2D eigenvalue weighted by atomic mass is 9.69. The molecule has 1 fully saturated rings. The molecule has 5 heteroatoms. The SMILES string of the molecule is COCc1cccc(C(=O)NCC2(C(=O)O)CCC2)c1. The van der Waals surface area contributed by atoms with Gasteiger partial charge in [-0.3, -0.25) is 9.59 Å². The number of hydrogen-bond donors (Lipinski definition) is 2. The van der Waals surface area contributed by atoms with Crippen molar-refractivity contribution >= 4 is 11.9 Å². The summed E-state index contributed by atoms with van der Waals surface area (Å²) in [5, 5.41) is 11.9. The molecular weight excluding hydrogens is 258 g/mol. The summed E-state index contributed by atoms with van der Waals surface area (Å²) in [4.78, 5) is 23.3. The molecule has 0 unspecified atom stereocenters. The Morgan fingerprint density at radius 2 is 2.15 bits per heavy atom. The Morgan fingerprint density at radius 1 is 1.40 bits per heavy atom. The van der Waals surface area contributed by atoms with Crippen molar-refractivity contribution in [3.63, 3.8) is 0 Å². The average molecular weight is 277 g/mol. The number of carboxylic acid groups (broad SMARTS) is 1. The molecule has 1 saturated carbocycles. The van der Waals surface area contributed by atoms with Crippen LogP contribution < -0.4 is 5.32 Å². The van der Waals surface area contributed by atoms with Gasteiger partial charge in [0.1, 0.15) is 0 Å². The lowest BCUT2D eigenvalue weighted by Crippen LogP contribution is -2.47. The smallest absolute Gasteiger partial charge is 0.311 e. The molecule has 108 valence electrons. The Kier molecular flexibility index (Phi) is 4.39. The highest BCUT2D eigenvalue weighted by Crippen LogP contribution is 2.40. The lowest BCUT2D eigenvalue weighted by Gasteiger charge is -2.37. The topological polar surface area (TPSA) is 75.6 Å². The van der Waals surface area contributed by atoms with Crippen LogP contribution in [0.2, 0.25) is 0 Å². The summed E-state index contributed by atoms with van der Waals surface area (Å²) in [6.45, 7) is 0.635. The van der Waals surface area contributed by atoms with Crippen LogP contribution in [-0.4, -0.2) is 30.6 Å². The quantitative estimate of drug-likeness (QED) is 0.831. The first-order valence-corrected chi connectivity index (χ1v) is 6.67. The van der Waals surface area contributed by atoms with E-state index in [0.29, 0.717) is 25.0 Å². The van der Waals surface area contributed by atoms with E-state index < -0.39 is 11.4 Å². The molecule has 1 aliphatic carbocycles. The number of aliphatic carboxylic acids is 1. The number of carboxylic acids is 1. The standard InChI is InChI=1S/C15H19NO4/c1-20-9-11-4-2-5-12(8-11)13(17)16-10-15(14(18)19)6-3-7-15/h2,4-5,8H,3,6-7,9-10H2,1H3,(H,16,17)(H,18,19). The van der Waals surface area contributed by atoms with Crippen LogP contribution in [0, 0.1) is 5.41 Å². The summed E-state index contributed by atoms with van der Waals surface area (Å²) in [5.41, 5.74) is 0.677. The van der Waals surface area contributed by atoms with Crippen molar-refractivity contribution < 1.29 is 19.4 Å². The van der Waals surface area contributed by atoms with Crippen LogP contribution in [0.15, 0.2) is 24.3 Å². The zero-order chi connectivity index (χ0) is 14.6. The van der Waals surface area contributed by atoms with Gasteiger partial charge < -0.3 is 15.2 Å². The largest absolute Gasteiger partial charge is 0.481 e. The minimum absolute atomic E-state index is 0.190. The molecule has 0 bridgehead atoms. The molecule has 0 aromatic heterocycles. The zero-order valence-electron chi connectivity index (χ0n) is 11.5. The summed E-state index contributed by atoms with van der Waals surface area (Å²) in [5.74, 6) is -1.06. The maximum absolute atomic E-state index is 12.1. The van der Waals surface area contributed by atoms with Gasteiger partial charge in [-0.15, -0.1) is 0 Å². The van der Waals surface area contributed by atoms with Crippen molar-refractivity contribution in [1.82, 2.24) is 5.32 Å². The van der Waals surface area contributed by atoms with E-state index in [2.05, 4.69) is 5.32 Å². The third-order valence-corrected chi connectivity index (χ3v) is 3.85. The third kappa shape index (κ3) is 2.99. The Bertz CT molecular complexity index is 508. The molecule has 0 saturated heterocycles. The Hall–Kier alpha value is -1.88. The molecular formula is C15H19NO4. The van der Waals surface area contributed by atoms with Crippen LogP contribution in [0.5, 0.6) is 0 Å². The Morgan fingerprint density at radius 3 is 2.70 bits per heavy atom. The summed E-state index contributed by atoms with van der Waals surface area (Å²) in [6.07, 6.45) is 2.17. The minimum atomic E-state index is -0.822. The van der Waals surface area contributed by atoms with Crippen LogP contribution in [0.4, 0.5) is 0 Å². The van der Waals surface area contributed by atoms with Crippen molar-refractivity contribution in [1.29, 1.82) is 0 Å². The van der Waals surface area contributed by atoms with Gasteiger partial charge >= 0.3 is 5.97 Å². The molecule has 1 amide bonds. The van der Waals surface area contributed by atoms with Gasteiger partial charge in [-0.2, -0.15) is 0 Å². The van der Waals surface area contributed by atoms with Crippen molar-refractivity contribution in [2.45, 2.75) is 25.9 Å². The number of amides is 1. The second-order valence-electron chi connectivity index (χ2n) is 5.26. The van der Waals surface area contributed by atoms with Crippen LogP contribution in [0.1, 0.15) is 35.2 Å². The van der Waals surface area contributed by atoms with E-state index >= 15 is 0 Å². The van der Waals surface area contributed by atoms with E-state index in [1.165, 1.54) is 0 Å². The number of rotatable bonds is 6. The first-order valence-electron chi connectivity index (χ1n) is 6.67. The molecule has 2 rings (SSSR count). The molecule has 20 heavy (non-hydrogen) atoms. The van der Waals surface area contributed by atoms with Gasteiger partial charge in [0.25, 0.3) is 5.91 Å². The first-order chi connectivity index (χ1) is 9.57. The number of benzene rings is 1. The van der Waals surface area contributed by atoms with E-state index in [9.17, 15) is 14.7 Å². The van der Waals surface area contributed by atoms with Gasteiger partial charge in [0, 0.05) is 19.2 Å².